The fourth-order valence-corrected chi connectivity index (χ4v) is 2.05. The number of benzene rings is 1. The lowest BCUT2D eigenvalue weighted by atomic mass is 10.1. The zero-order valence-electron chi connectivity index (χ0n) is 10.6. The second-order valence-electron chi connectivity index (χ2n) is 4.18. The van der Waals surface area contributed by atoms with Crippen molar-refractivity contribution < 1.29 is 4.39 Å². The molecule has 96 valence electrons. The van der Waals surface area contributed by atoms with Gasteiger partial charge in [-0.3, -0.25) is 4.68 Å². The van der Waals surface area contributed by atoms with Crippen molar-refractivity contribution in [2.75, 3.05) is 12.4 Å². The number of rotatable bonds is 2. The minimum absolute atomic E-state index is 0.308. The summed E-state index contributed by atoms with van der Waals surface area (Å²) < 4.78 is 15.6. The van der Waals surface area contributed by atoms with Gasteiger partial charge in [0.25, 0.3) is 0 Å². The van der Waals surface area contributed by atoms with Crippen molar-refractivity contribution in [1.82, 2.24) is 19.7 Å². The number of halogens is 1. The van der Waals surface area contributed by atoms with Crippen LogP contribution in [-0.2, 0) is 7.05 Å². The number of nitrogens with zero attached hydrogens (tertiary/aromatic N) is 4. The lowest BCUT2D eigenvalue weighted by Crippen LogP contribution is -1.97. The molecule has 0 radical (unpaired) electrons. The lowest BCUT2D eigenvalue weighted by molar-refractivity contribution is 0.626. The Balaban J connectivity index is 2.19. The molecule has 6 heteroatoms. The molecule has 2 aromatic heterocycles. The van der Waals surface area contributed by atoms with Gasteiger partial charge in [0.1, 0.15) is 11.3 Å². The van der Waals surface area contributed by atoms with Crippen LogP contribution >= 0.6 is 0 Å². The highest BCUT2D eigenvalue weighted by Crippen LogP contribution is 2.25. The molecule has 0 bridgehead atoms. The molecule has 5 nitrogen and oxygen atoms in total. The molecule has 2 heterocycles. The molecular formula is C13H12FN5. The Bertz CT molecular complexity index is 750. The summed E-state index contributed by atoms with van der Waals surface area (Å²) in [6.45, 7) is 0. The molecule has 1 aromatic carbocycles. The topological polar surface area (TPSA) is 55.6 Å². The standard InChI is InChI=1S/C13H12FN5/c1-15-13-16-4-3-11(18-13)8-5-9-7-17-19(2)12(9)10(14)6-8/h3-7H,1-2H3,(H,15,16,18). The molecule has 19 heavy (non-hydrogen) atoms. The second kappa shape index (κ2) is 4.31. The normalized spacial score (nSPS) is 10.9. The first-order valence-corrected chi connectivity index (χ1v) is 5.81. The number of hydrogen-bond donors (Lipinski definition) is 1. The predicted molar refractivity (Wildman–Crippen MR) is 71.2 cm³/mol. The number of anilines is 1. The molecule has 0 saturated carbocycles. The van der Waals surface area contributed by atoms with Crippen LogP contribution in [0.15, 0.2) is 30.6 Å². The molecule has 0 aliphatic carbocycles. The van der Waals surface area contributed by atoms with Gasteiger partial charge in [-0.25, -0.2) is 14.4 Å². The van der Waals surface area contributed by atoms with Crippen LogP contribution in [0.5, 0.6) is 0 Å². The molecule has 0 atom stereocenters. The molecule has 0 aliphatic heterocycles. The summed E-state index contributed by atoms with van der Waals surface area (Å²) >= 11 is 0. The molecule has 0 aliphatic rings. The smallest absolute Gasteiger partial charge is 0.222 e. The minimum atomic E-state index is -0.308. The van der Waals surface area contributed by atoms with Crippen molar-refractivity contribution in [3.05, 3.63) is 36.4 Å². The maximum absolute atomic E-state index is 14.1. The first kappa shape index (κ1) is 11.6. The first-order chi connectivity index (χ1) is 9.19. The van der Waals surface area contributed by atoms with Crippen LogP contribution in [0.1, 0.15) is 0 Å². The minimum Gasteiger partial charge on any atom is -0.357 e. The summed E-state index contributed by atoms with van der Waals surface area (Å²) in [5.74, 6) is 0.196. The molecule has 3 rings (SSSR count). The van der Waals surface area contributed by atoms with E-state index >= 15 is 0 Å². The van der Waals surface area contributed by atoms with Gasteiger partial charge in [0, 0.05) is 31.2 Å². The van der Waals surface area contributed by atoms with E-state index < -0.39 is 0 Å². The van der Waals surface area contributed by atoms with Gasteiger partial charge in [0.15, 0.2) is 0 Å². The highest BCUT2D eigenvalue weighted by Gasteiger charge is 2.10. The van der Waals surface area contributed by atoms with Gasteiger partial charge in [0.05, 0.1) is 11.9 Å². The maximum atomic E-state index is 14.1. The summed E-state index contributed by atoms with van der Waals surface area (Å²) in [7, 11) is 3.46. The van der Waals surface area contributed by atoms with Crippen LogP contribution in [0.2, 0.25) is 0 Å². The number of nitrogens with one attached hydrogen (secondary N) is 1. The fourth-order valence-electron chi connectivity index (χ4n) is 2.05. The Labute approximate surface area is 109 Å². The number of aryl methyl sites for hydroxylation is 1. The van der Waals surface area contributed by atoms with E-state index in [2.05, 4.69) is 20.4 Å². The van der Waals surface area contributed by atoms with Crippen molar-refractivity contribution >= 4 is 16.9 Å². The van der Waals surface area contributed by atoms with Crippen molar-refractivity contribution in [2.45, 2.75) is 0 Å². The second-order valence-corrected chi connectivity index (χ2v) is 4.18. The van der Waals surface area contributed by atoms with Crippen molar-refractivity contribution in [3.8, 4) is 11.3 Å². The van der Waals surface area contributed by atoms with Crippen molar-refractivity contribution in [1.29, 1.82) is 0 Å². The lowest BCUT2D eigenvalue weighted by Gasteiger charge is -2.05. The summed E-state index contributed by atoms with van der Waals surface area (Å²) in [5, 5.41) is 7.67. The van der Waals surface area contributed by atoms with Crippen LogP contribution in [0.25, 0.3) is 22.2 Å². The van der Waals surface area contributed by atoms with Gasteiger partial charge in [-0.15, -0.1) is 0 Å². The predicted octanol–water partition coefficient (Wildman–Crippen LogP) is 2.21. The molecule has 3 aromatic rings. The summed E-state index contributed by atoms with van der Waals surface area (Å²) in [5.41, 5.74) is 1.87. The van der Waals surface area contributed by atoms with Gasteiger partial charge in [-0.05, 0) is 18.2 Å². The van der Waals surface area contributed by atoms with Crippen molar-refractivity contribution in [3.63, 3.8) is 0 Å². The molecule has 0 saturated heterocycles. The Morgan fingerprint density at radius 1 is 1.32 bits per heavy atom. The highest BCUT2D eigenvalue weighted by molar-refractivity contribution is 5.84. The number of hydrogen-bond acceptors (Lipinski definition) is 4. The quantitative estimate of drug-likeness (QED) is 0.764. The van der Waals surface area contributed by atoms with E-state index in [1.54, 1.807) is 32.6 Å². The monoisotopic (exact) mass is 257 g/mol. The van der Waals surface area contributed by atoms with E-state index in [-0.39, 0.29) is 5.82 Å². The molecule has 0 amide bonds. The third kappa shape index (κ3) is 1.91. The zero-order valence-corrected chi connectivity index (χ0v) is 10.6. The zero-order chi connectivity index (χ0) is 13.4. The Morgan fingerprint density at radius 2 is 2.16 bits per heavy atom. The van der Waals surface area contributed by atoms with Gasteiger partial charge in [-0.2, -0.15) is 5.10 Å². The van der Waals surface area contributed by atoms with Crippen LogP contribution in [-0.4, -0.2) is 26.8 Å². The highest BCUT2D eigenvalue weighted by atomic mass is 19.1. The maximum Gasteiger partial charge on any atom is 0.222 e. The van der Waals surface area contributed by atoms with Crippen LogP contribution in [0.3, 0.4) is 0 Å². The van der Waals surface area contributed by atoms with Crippen LogP contribution < -0.4 is 5.32 Å². The average molecular weight is 257 g/mol. The van der Waals surface area contributed by atoms with Gasteiger partial charge >= 0.3 is 0 Å². The molecular weight excluding hydrogens is 245 g/mol. The number of fused-ring (bicyclic) bond motifs is 1. The largest absolute Gasteiger partial charge is 0.357 e. The Hall–Kier alpha value is -2.50. The van der Waals surface area contributed by atoms with E-state index in [1.807, 2.05) is 6.07 Å². The van der Waals surface area contributed by atoms with Gasteiger partial charge in [-0.1, -0.05) is 0 Å². The summed E-state index contributed by atoms with van der Waals surface area (Å²) in [6.07, 6.45) is 3.28. The van der Waals surface area contributed by atoms with E-state index in [9.17, 15) is 4.39 Å². The summed E-state index contributed by atoms with van der Waals surface area (Å²) in [4.78, 5) is 8.34. The van der Waals surface area contributed by atoms with E-state index in [0.717, 1.165) is 5.39 Å². The molecule has 0 fully saturated rings. The Kier molecular flexibility index (Phi) is 2.63. The first-order valence-electron chi connectivity index (χ1n) is 5.81. The Morgan fingerprint density at radius 3 is 2.95 bits per heavy atom. The molecule has 1 N–H and O–H groups in total. The van der Waals surface area contributed by atoms with E-state index in [1.165, 1.54) is 10.7 Å². The SMILES string of the molecule is CNc1nccc(-c2cc(F)c3c(cnn3C)c2)n1. The third-order valence-corrected chi connectivity index (χ3v) is 2.96. The van der Waals surface area contributed by atoms with E-state index in [0.29, 0.717) is 22.7 Å². The average Bonchev–Trinajstić information content (AvgIpc) is 2.81. The van der Waals surface area contributed by atoms with Gasteiger partial charge in [0.2, 0.25) is 5.95 Å². The van der Waals surface area contributed by atoms with Crippen molar-refractivity contribution in [2.24, 2.45) is 7.05 Å². The third-order valence-electron chi connectivity index (χ3n) is 2.96. The summed E-state index contributed by atoms with van der Waals surface area (Å²) in [6, 6.07) is 5.08. The van der Waals surface area contributed by atoms with Gasteiger partial charge < -0.3 is 5.32 Å². The van der Waals surface area contributed by atoms with Crippen LogP contribution in [0, 0.1) is 5.82 Å². The molecule has 0 spiro atoms. The van der Waals surface area contributed by atoms with E-state index in [4.69, 9.17) is 0 Å². The van der Waals surface area contributed by atoms with Crippen LogP contribution in [0.4, 0.5) is 10.3 Å². The fraction of sp³-hybridized carbons (Fsp3) is 0.154. The number of aromatic nitrogens is 4. The molecule has 0 unspecified atom stereocenters.